The van der Waals surface area contributed by atoms with Gasteiger partial charge in [0, 0.05) is 32.1 Å². The smallest absolute Gasteiger partial charge is 0.130 e. The van der Waals surface area contributed by atoms with Crippen LogP contribution in [0.2, 0.25) is 0 Å². The van der Waals surface area contributed by atoms with E-state index in [1.165, 1.54) is 0 Å². The molecule has 4 atom stereocenters. The number of carbonyl (C=O) groups excluding carboxylic acids is 1. The van der Waals surface area contributed by atoms with Gasteiger partial charge in [-0.3, -0.25) is 4.90 Å². The van der Waals surface area contributed by atoms with E-state index in [9.17, 15) is 15.3 Å². The van der Waals surface area contributed by atoms with Crippen LogP contribution in [0.4, 0.5) is 0 Å². The van der Waals surface area contributed by atoms with Crippen LogP contribution in [0.15, 0.2) is 71.6 Å². The van der Waals surface area contributed by atoms with Crippen LogP contribution in [-0.2, 0) is 4.79 Å². The minimum Gasteiger partial charge on any atom is -0.303 e. The highest BCUT2D eigenvalue weighted by Crippen LogP contribution is 2.48. The molecule has 2 fully saturated rings. The lowest BCUT2D eigenvalue weighted by Crippen LogP contribution is -2.55. The highest BCUT2D eigenvalue weighted by Gasteiger charge is 2.45. The summed E-state index contributed by atoms with van der Waals surface area (Å²) in [6, 6.07) is 5.32. The van der Waals surface area contributed by atoms with Crippen molar-refractivity contribution in [1.29, 1.82) is 10.5 Å². The molecule has 3 rings (SSSR count). The minimum absolute atomic E-state index is 0.197. The van der Waals surface area contributed by atoms with Crippen LogP contribution in [0, 0.1) is 51.7 Å². The molecule has 2 saturated heterocycles. The molecule has 0 amide bonds. The third-order valence-corrected chi connectivity index (χ3v) is 9.42. The zero-order valence-electron chi connectivity index (χ0n) is 26.3. The number of nitriles is 2. The average Bonchev–Trinajstić information content (AvgIpc) is 3.17. The van der Waals surface area contributed by atoms with E-state index in [0.29, 0.717) is 30.3 Å². The fourth-order valence-corrected chi connectivity index (χ4v) is 7.67. The molecule has 3 unspecified atom stereocenters. The molecule has 2 heterocycles. The number of Topliss-reactive ketones (excluding diaryl/α,β-unsaturated/α-hetero) is 1. The van der Waals surface area contributed by atoms with Crippen LogP contribution in [0.5, 0.6) is 0 Å². The topological polar surface area (TPSA) is 71.1 Å². The van der Waals surface area contributed by atoms with Crippen LogP contribution >= 0.6 is 9.24 Å². The third kappa shape index (κ3) is 9.22. The van der Waals surface area contributed by atoms with Crippen LogP contribution in [0.1, 0.15) is 66.2 Å². The summed E-state index contributed by atoms with van der Waals surface area (Å²) in [5.41, 5.74) is 1.05. The SMILES string of the molecule is C=C/C(=C\C(P)=C/C(C)C)C(C#N)(C[C@@H](CCC)CC(C)=O)C1CCN(CC2CN(C3C=CC=C(C#N)C=C3)C2)CC1. The Bertz CT molecular complexity index is 1180. The zero-order chi connectivity index (χ0) is 30.7. The molecule has 1 aliphatic carbocycles. The second-order valence-corrected chi connectivity index (χ2v) is 13.6. The summed E-state index contributed by atoms with van der Waals surface area (Å²) >= 11 is 0. The van der Waals surface area contributed by atoms with Crippen molar-refractivity contribution in [2.24, 2.45) is 29.1 Å². The van der Waals surface area contributed by atoms with Crippen molar-refractivity contribution in [3.8, 4) is 12.1 Å². The van der Waals surface area contributed by atoms with Gasteiger partial charge in [0.1, 0.15) is 5.78 Å². The molecule has 3 aliphatic rings. The zero-order valence-corrected chi connectivity index (χ0v) is 27.4. The first-order chi connectivity index (χ1) is 20.1. The lowest BCUT2D eigenvalue weighted by atomic mass is 9.62. The second-order valence-electron chi connectivity index (χ2n) is 12.9. The number of ketones is 1. The van der Waals surface area contributed by atoms with Gasteiger partial charge in [-0.2, -0.15) is 10.5 Å². The Kier molecular flexibility index (Phi) is 13.2. The van der Waals surface area contributed by atoms with Gasteiger partial charge in [0.25, 0.3) is 0 Å². The summed E-state index contributed by atoms with van der Waals surface area (Å²) in [6.07, 6.45) is 21.5. The normalized spacial score (nSPS) is 23.3. The molecule has 6 heteroatoms. The maximum atomic E-state index is 12.2. The summed E-state index contributed by atoms with van der Waals surface area (Å²) in [5.74, 6) is 1.69. The molecule has 0 radical (unpaired) electrons. The van der Waals surface area contributed by atoms with Crippen molar-refractivity contribution in [1.82, 2.24) is 9.80 Å². The van der Waals surface area contributed by atoms with Crippen LogP contribution < -0.4 is 0 Å². The van der Waals surface area contributed by atoms with Gasteiger partial charge in [0.2, 0.25) is 0 Å². The van der Waals surface area contributed by atoms with Crippen molar-refractivity contribution < 1.29 is 4.79 Å². The molecule has 0 aromatic carbocycles. The Morgan fingerprint density at radius 2 is 1.95 bits per heavy atom. The average molecular weight is 587 g/mol. The first-order valence-electron chi connectivity index (χ1n) is 15.8. The van der Waals surface area contributed by atoms with E-state index in [2.05, 4.69) is 82.8 Å². The summed E-state index contributed by atoms with van der Waals surface area (Å²) in [4.78, 5) is 17.3. The third-order valence-electron chi connectivity index (χ3n) is 9.06. The van der Waals surface area contributed by atoms with E-state index in [1.54, 1.807) is 6.92 Å². The van der Waals surface area contributed by atoms with Crippen molar-refractivity contribution in [3.05, 3.63) is 71.6 Å². The number of allylic oxidation sites excluding steroid dienone is 9. The quantitative estimate of drug-likeness (QED) is 0.157. The van der Waals surface area contributed by atoms with Gasteiger partial charge < -0.3 is 9.69 Å². The van der Waals surface area contributed by atoms with E-state index < -0.39 is 5.41 Å². The molecule has 0 aromatic heterocycles. The number of hydrogen-bond acceptors (Lipinski definition) is 5. The van der Waals surface area contributed by atoms with Crippen LogP contribution in [0.3, 0.4) is 0 Å². The molecule has 5 nitrogen and oxygen atoms in total. The highest BCUT2D eigenvalue weighted by atomic mass is 31.0. The van der Waals surface area contributed by atoms with Gasteiger partial charge in [-0.25, -0.2) is 0 Å². The van der Waals surface area contributed by atoms with Gasteiger partial charge in [-0.1, -0.05) is 76.6 Å². The maximum Gasteiger partial charge on any atom is 0.130 e. The Morgan fingerprint density at radius 3 is 2.52 bits per heavy atom. The van der Waals surface area contributed by atoms with Crippen molar-refractivity contribution in [2.75, 3.05) is 32.7 Å². The van der Waals surface area contributed by atoms with E-state index in [-0.39, 0.29) is 23.7 Å². The summed E-state index contributed by atoms with van der Waals surface area (Å²) in [5, 5.41) is 21.2. The standard InChI is InChI=1S/C36H51N4OP/c1-6-9-30(19-28(5)41)21-36(26-38,32(7-2)20-35(42)18-27(3)4)33-14-16-39(17-15-33)23-31-24-40(25-31)34-11-8-10-29(22-37)12-13-34/h7-8,10-13,18,20,27,30-31,33-34H,2,6,9,14-17,19,21,23-25,42H2,1,3-5H3/b32-20+,35-18+/t30-,34?,36?/m0/s1. The fraction of sp³-hybridized carbons (Fsp3) is 0.583. The van der Waals surface area contributed by atoms with E-state index in [4.69, 9.17) is 0 Å². The van der Waals surface area contributed by atoms with Crippen molar-refractivity contribution in [2.45, 2.75) is 72.3 Å². The number of carbonyl (C=O) groups is 1. The summed E-state index contributed by atoms with van der Waals surface area (Å²) < 4.78 is 0. The Morgan fingerprint density at radius 1 is 1.24 bits per heavy atom. The lowest BCUT2D eigenvalue weighted by molar-refractivity contribution is -0.118. The number of hydrogen-bond donors (Lipinski definition) is 0. The molecule has 0 N–H and O–H groups in total. The Hall–Kier alpha value is -2.56. The summed E-state index contributed by atoms with van der Waals surface area (Å²) in [7, 11) is 2.84. The van der Waals surface area contributed by atoms with Gasteiger partial charge >= 0.3 is 0 Å². The van der Waals surface area contributed by atoms with E-state index >= 15 is 0 Å². The van der Waals surface area contributed by atoms with Gasteiger partial charge in [-0.15, -0.1) is 9.24 Å². The van der Waals surface area contributed by atoms with Crippen molar-refractivity contribution >= 4 is 15.0 Å². The summed E-state index contributed by atoms with van der Waals surface area (Å²) in [6.45, 7) is 17.6. The highest BCUT2D eigenvalue weighted by molar-refractivity contribution is 7.22. The van der Waals surface area contributed by atoms with Crippen LogP contribution in [0.25, 0.3) is 0 Å². The molecule has 226 valence electrons. The number of nitrogens with zero attached hydrogens (tertiary/aromatic N) is 4. The molecule has 2 aliphatic heterocycles. The molecule has 0 spiro atoms. The van der Waals surface area contributed by atoms with Gasteiger partial charge in [0.15, 0.2) is 0 Å². The van der Waals surface area contributed by atoms with E-state index in [0.717, 1.165) is 69.3 Å². The first-order valence-corrected chi connectivity index (χ1v) is 16.4. The largest absolute Gasteiger partial charge is 0.303 e. The predicted octanol–water partition coefficient (Wildman–Crippen LogP) is 7.40. The Labute approximate surface area is 257 Å². The lowest BCUT2D eigenvalue weighted by Gasteiger charge is -2.47. The molecule has 0 aromatic rings. The Balaban J connectivity index is 1.71. The number of likely N-dealkylation sites (tertiary alicyclic amines) is 2. The van der Waals surface area contributed by atoms with Gasteiger partial charge in [-0.05, 0) is 86.0 Å². The molecular formula is C36H51N4OP. The second kappa shape index (κ2) is 16.3. The van der Waals surface area contributed by atoms with Crippen molar-refractivity contribution in [3.63, 3.8) is 0 Å². The number of rotatable bonds is 14. The predicted molar refractivity (Wildman–Crippen MR) is 177 cm³/mol. The minimum atomic E-state index is -0.655. The first kappa shape index (κ1) is 33.9. The van der Waals surface area contributed by atoms with Crippen LogP contribution in [-0.4, -0.2) is 54.3 Å². The molecule has 0 saturated carbocycles. The molecule has 42 heavy (non-hydrogen) atoms. The van der Waals surface area contributed by atoms with Gasteiger partial charge in [0.05, 0.1) is 23.1 Å². The number of piperidine rings is 1. The molecule has 0 bridgehead atoms. The monoisotopic (exact) mass is 586 g/mol. The maximum absolute atomic E-state index is 12.2. The molecular weight excluding hydrogens is 535 g/mol. The fourth-order valence-electron chi connectivity index (χ4n) is 7.11. The van der Waals surface area contributed by atoms with E-state index in [1.807, 2.05) is 24.3 Å².